The lowest BCUT2D eigenvalue weighted by Gasteiger charge is -2.20. The van der Waals surface area contributed by atoms with Crippen molar-refractivity contribution in [1.29, 1.82) is 0 Å². The molecule has 0 unspecified atom stereocenters. The van der Waals surface area contributed by atoms with Crippen LogP contribution in [0, 0.1) is 6.92 Å². The van der Waals surface area contributed by atoms with E-state index in [0.29, 0.717) is 18.0 Å². The molecule has 0 aliphatic carbocycles. The number of benzene rings is 2. The summed E-state index contributed by atoms with van der Waals surface area (Å²) in [6.07, 6.45) is 0. The molecular formula is C17H19NO3S2. The number of sulfonamides is 1. The van der Waals surface area contributed by atoms with Crippen LogP contribution in [-0.4, -0.2) is 32.1 Å². The molecule has 0 fully saturated rings. The minimum Gasteiger partial charge on any atom is -0.497 e. The number of rotatable bonds is 3. The lowest BCUT2D eigenvalue weighted by Crippen LogP contribution is -2.31. The maximum absolute atomic E-state index is 12.9. The van der Waals surface area contributed by atoms with E-state index in [9.17, 15) is 8.42 Å². The van der Waals surface area contributed by atoms with Crippen LogP contribution in [0.5, 0.6) is 5.75 Å². The summed E-state index contributed by atoms with van der Waals surface area (Å²) in [5.74, 6) is 1.49. The molecule has 122 valence electrons. The second-order valence-electron chi connectivity index (χ2n) is 5.47. The van der Waals surface area contributed by atoms with E-state index in [1.54, 1.807) is 35.3 Å². The van der Waals surface area contributed by atoms with Gasteiger partial charge in [0.05, 0.1) is 12.0 Å². The average molecular weight is 349 g/mol. The van der Waals surface area contributed by atoms with Gasteiger partial charge in [-0.3, -0.25) is 0 Å². The first-order valence-corrected chi connectivity index (χ1v) is 9.80. The van der Waals surface area contributed by atoms with E-state index in [0.717, 1.165) is 27.5 Å². The maximum Gasteiger partial charge on any atom is 0.243 e. The van der Waals surface area contributed by atoms with Gasteiger partial charge in [0.15, 0.2) is 0 Å². The summed E-state index contributed by atoms with van der Waals surface area (Å²) in [6, 6.07) is 12.8. The molecule has 1 aliphatic rings. The third-order valence-corrected chi connectivity index (χ3v) is 6.83. The van der Waals surface area contributed by atoms with Crippen LogP contribution in [0.2, 0.25) is 0 Å². The standard InChI is InChI=1S/C17H19NO3S2/c1-13-3-6-16(7-4-13)23(19,20)18-9-10-22-17-8-5-15(21-2)11-14(17)12-18/h3-8,11H,9-10,12H2,1-2H3. The van der Waals surface area contributed by atoms with Gasteiger partial charge < -0.3 is 4.74 Å². The van der Waals surface area contributed by atoms with Gasteiger partial charge in [-0.05, 0) is 42.8 Å². The van der Waals surface area contributed by atoms with Crippen LogP contribution < -0.4 is 4.74 Å². The SMILES string of the molecule is COc1ccc2c(c1)CN(S(=O)(=O)c1ccc(C)cc1)CCS2. The maximum atomic E-state index is 12.9. The third kappa shape index (κ3) is 3.39. The lowest BCUT2D eigenvalue weighted by molar-refractivity contribution is 0.407. The quantitative estimate of drug-likeness (QED) is 0.853. The van der Waals surface area contributed by atoms with Gasteiger partial charge in [0, 0.05) is 23.7 Å². The number of hydrogen-bond acceptors (Lipinski definition) is 4. The number of methoxy groups -OCH3 is 1. The van der Waals surface area contributed by atoms with Crippen molar-refractivity contribution in [2.24, 2.45) is 0 Å². The van der Waals surface area contributed by atoms with Crippen molar-refractivity contribution in [3.8, 4) is 5.75 Å². The van der Waals surface area contributed by atoms with Crippen molar-refractivity contribution in [2.75, 3.05) is 19.4 Å². The van der Waals surface area contributed by atoms with E-state index in [1.165, 1.54) is 0 Å². The van der Waals surface area contributed by atoms with Gasteiger partial charge >= 0.3 is 0 Å². The van der Waals surface area contributed by atoms with E-state index >= 15 is 0 Å². The van der Waals surface area contributed by atoms with Gasteiger partial charge in [-0.1, -0.05) is 17.7 Å². The summed E-state index contributed by atoms with van der Waals surface area (Å²) in [4.78, 5) is 1.46. The van der Waals surface area contributed by atoms with Gasteiger partial charge in [0.25, 0.3) is 0 Å². The number of hydrogen-bond donors (Lipinski definition) is 0. The highest BCUT2D eigenvalue weighted by Crippen LogP contribution is 2.32. The van der Waals surface area contributed by atoms with Gasteiger partial charge in [0.2, 0.25) is 10.0 Å². The topological polar surface area (TPSA) is 46.6 Å². The van der Waals surface area contributed by atoms with Crippen LogP contribution in [0.3, 0.4) is 0 Å². The summed E-state index contributed by atoms with van der Waals surface area (Å²) in [5.41, 5.74) is 2.04. The van der Waals surface area contributed by atoms with Crippen LogP contribution in [0.4, 0.5) is 0 Å². The smallest absolute Gasteiger partial charge is 0.243 e. The molecule has 1 aliphatic heterocycles. The molecule has 0 N–H and O–H groups in total. The van der Waals surface area contributed by atoms with Gasteiger partial charge in [-0.25, -0.2) is 8.42 Å². The molecule has 23 heavy (non-hydrogen) atoms. The number of fused-ring (bicyclic) bond motifs is 1. The molecule has 0 saturated heterocycles. The van der Waals surface area contributed by atoms with Crippen LogP contribution in [0.1, 0.15) is 11.1 Å². The number of ether oxygens (including phenoxy) is 1. The van der Waals surface area contributed by atoms with E-state index in [1.807, 2.05) is 37.3 Å². The van der Waals surface area contributed by atoms with Crippen molar-refractivity contribution in [3.63, 3.8) is 0 Å². The van der Waals surface area contributed by atoms with Gasteiger partial charge in [0.1, 0.15) is 5.75 Å². The summed E-state index contributed by atoms with van der Waals surface area (Å²) in [7, 11) is -1.87. The third-order valence-electron chi connectivity index (χ3n) is 3.87. The second kappa shape index (κ2) is 6.55. The van der Waals surface area contributed by atoms with Crippen molar-refractivity contribution in [1.82, 2.24) is 4.31 Å². The van der Waals surface area contributed by atoms with Crippen LogP contribution in [0.25, 0.3) is 0 Å². The molecule has 0 aromatic heterocycles. The van der Waals surface area contributed by atoms with Gasteiger partial charge in [-0.2, -0.15) is 4.31 Å². The zero-order valence-corrected chi connectivity index (χ0v) is 14.8. The summed E-state index contributed by atoms with van der Waals surface area (Å²) in [5, 5.41) is 0. The first-order valence-electron chi connectivity index (χ1n) is 7.37. The molecule has 1 heterocycles. The Hall–Kier alpha value is -1.50. The van der Waals surface area contributed by atoms with Crippen molar-refractivity contribution in [3.05, 3.63) is 53.6 Å². The van der Waals surface area contributed by atoms with Crippen molar-refractivity contribution < 1.29 is 13.2 Å². The fourth-order valence-corrected chi connectivity index (χ4v) is 5.08. The molecule has 0 radical (unpaired) electrons. The van der Waals surface area contributed by atoms with Crippen molar-refractivity contribution >= 4 is 21.8 Å². The minimum absolute atomic E-state index is 0.347. The highest BCUT2D eigenvalue weighted by atomic mass is 32.2. The van der Waals surface area contributed by atoms with Crippen LogP contribution >= 0.6 is 11.8 Å². The number of thioether (sulfide) groups is 1. The predicted octanol–water partition coefficient (Wildman–Crippen LogP) is 3.30. The fraction of sp³-hybridized carbons (Fsp3) is 0.294. The van der Waals surface area contributed by atoms with E-state index in [2.05, 4.69) is 0 Å². The average Bonchev–Trinajstić information content (AvgIpc) is 2.77. The largest absolute Gasteiger partial charge is 0.497 e. The second-order valence-corrected chi connectivity index (χ2v) is 8.55. The molecular weight excluding hydrogens is 330 g/mol. The molecule has 2 aromatic rings. The van der Waals surface area contributed by atoms with Gasteiger partial charge in [-0.15, -0.1) is 11.8 Å². The number of aryl methyl sites for hydroxylation is 1. The monoisotopic (exact) mass is 349 g/mol. The normalized spacial score (nSPS) is 15.7. The molecule has 0 bridgehead atoms. The molecule has 4 nitrogen and oxygen atoms in total. The Morgan fingerprint density at radius 3 is 2.57 bits per heavy atom. The highest BCUT2D eigenvalue weighted by molar-refractivity contribution is 7.99. The van der Waals surface area contributed by atoms with Crippen molar-refractivity contribution in [2.45, 2.75) is 23.3 Å². The molecule has 0 spiro atoms. The molecule has 6 heteroatoms. The molecule has 0 amide bonds. The Labute approximate surface area is 141 Å². The highest BCUT2D eigenvalue weighted by Gasteiger charge is 2.27. The summed E-state index contributed by atoms with van der Waals surface area (Å²) in [6.45, 7) is 2.81. The zero-order valence-electron chi connectivity index (χ0n) is 13.2. The Kier molecular flexibility index (Phi) is 4.66. The van der Waals surface area contributed by atoms with E-state index in [-0.39, 0.29) is 0 Å². The lowest BCUT2D eigenvalue weighted by atomic mass is 10.2. The van der Waals surface area contributed by atoms with Crippen LogP contribution in [0.15, 0.2) is 52.3 Å². The molecule has 2 aromatic carbocycles. The molecule has 0 atom stereocenters. The van der Waals surface area contributed by atoms with E-state index in [4.69, 9.17) is 4.74 Å². The van der Waals surface area contributed by atoms with Crippen LogP contribution in [-0.2, 0) is 16.6 Å². The van der Waals surface area contributed by atoms with E-state index < -0.39 is 10.0 Å². The molecule has 0 saturated carbocycles. The first kappa shape index (κ1) is 16.4. The Balaban J connectivity index is 1.94. The minimum atomic E-state index is -3.49. The fourth-order valence-electron chi connectivity index (χ4n) is 2.54. The molecule has 3 rings (SSSR count). The Morgan fingerprint density at radius 2 is 1.87 bits per heavy atom. The zero-order chi connectivity index (χ0) is 16.4. The first-order chi connectivity index (χ1) is 11.0. The Bertz CT molecular complexity index is 801. The predicted molar refractivity (Wildman–Crippen MR) is 92.5 cm³/mol. The number of nitrogens with zero attached hydrogens (tertiary/aromatic N) is 1. The Morgan fingerprint density at radius 1 is 1.13 bits per heavy atom. The summed E-state index contributed by atoms with van der Waals surface area (Å²) >= 11 is 1.68. The summed E-state index contributed by atoms with van der Waals surface area (Å²) < 4.78 is 32.6.